The number of phenols is 2. The van der Waals surface area contributed by atoms with Crippen molar-refractivity contribution in [2.75, 3.05) is 5.32 Å². The predicted molar refractivity (Wildman–Crippen MR) is 74.6 cm³/mol. The van der Waals surface area contributed by atoms with Crippen LogP contribution in [0.25, 0.3) is 0 Å². The van der Waals surface area contributed by atoms with Crippen LogP contribution in [0.3, 0.4) is 0 Å². The number of nitrogens with one attached hydrogen (secondary N) is 1. The van der Waals surface area contributed by atoms with Crippen molar-refractivity contribution in [2.24, 2.45) is 0 Å². The molecule has 6 nitrogen and oxygen atoms in total. The first-order chi connectivity index (χ1) is 9.38. The lowest BCUT2D eigenvalue weighted by molar-refractivity contribution is 0.360. The molecule has 0 radical (unpaired) electrons. The molecule has 1 unspecified atom stereocenters. The highest BCUT2D eigenvalue weighted by molar-refractivity contribution is 7.52. The smallest absolute Gasteiger partial charge is 0.352 e. The highest BCUT2D eigenvalue weighted by Gasteiger charge is 2.32. The van der Waals surface area contributed by atoms with Gasteiger partial charge in [0.05, 0.1) is 0 Å². The molecule has 0 heterocycles. The molecule has 2 rings (SSSR count). The third kappa shape index (κ3) is 3.30. The zero-order chi connectivity index (χ0) is 14.8. The summed E-state index contributed by atoms with van der Waals surface area (Å²) in [6.07, 6.45) is 0. The first-order valence-corrected chi connectivity index (χ1v) is 7.45. The molecular weight excluding hydrogens is 281 g/mol. The highest BCUT2D eigenvalue weighted by atomic mass is 31.2. The van der Waals surface area contributed by atoms with Crippen LogP contribution in [-0.2, 0) is 4.57 Å². The van der Waals surface area contributed by atoms with Crippen molar-refractivity contribution in [3.63, 3.8) is 0 Å². The van der Waals surface area contributed by atoms with Crippen LogP contribution in [0.4, 0.5) is 5.69 Å². The fourth-order valence-corrected chi connectivity index (χ4v) is 2.68. The van der Waals surface area contributed by atoms with Gasteiger partial charge in [-0.3, -0.25) is 4.57 Å². The highest BCUT2D eigenvalue weighted by Crippen LogP contribution is 2.53. The lowest BCUT2D eigenvalue weighted by Crippen LogP contribution is -2.11. The minimum Gasteiger partial charge on any atom is -0.508 e. The standard InChI is InChI=1S/C13H14NO5P/c15-10-7-5-9(6-8-10)14-13(20(17,18)19)11-3-1-2-4-12(11)16/h1-8,13-16H,(H2,17,18,19). The Labute approximate surface area is 115 Å². The Bertz CT molecular complexity index is 637. The predicted octanol–water partition coefficient (Wildman–Crippen LogP) is 2.39. The fraction of sp³-hybridized carbons (Fsp3) is 0.0769. The molecule has 0 aliphatic rings. The lowest BCUT2D eigenvalue weighted by Gasteiger charge is -2.22. The molecule has 2 aromatic rings. The summed E-state index contributed by atoms with van der Waals surface area (Å²) >= 11 is 0. The number of hydrogen-bond donors (Lipinski definition) is 5. The van der Waals surface area contributed by atoms with Crippen molar-refractivity contribution in [3.05, 3.63) is 54.1 Å². The number of hydrogen-bond acceptors (Lipinski definition) is 4. The Hall–Kier alpha value is -2.01. The summed E-state index contributed by atoms with van der Waals surface area (Å²) in [7, 11) is -4.54. The van der Waals surface area contributed by atoms with Gasteiger partial charge in [-0.15, -0.1) is 0 Å². The molecule has 20 heavy (non-hydrogen) atoms. The zero-order valence-corrected chi connectivity index (χ0v) is 11.2. The Kier molecular flexibility index (Phi) is 3.99. The van der Waals surface area contributed by atoms with Crippen LogP contribution in [0.2, 0.25) is 0 Å². The Morgan fingerprint density at radius 1 is 0.950 bits per heavy atom. The van der Waals surface area contributed by atoms with Crippen LogP contribution >= 0.6 is 7.60 Å². The van der Waals surface area contributed by atoms with Crippen molar-refractivity contribution >= 4 is 13.3 Å². The number of phenolic OH excluding ortho intramolecular Hbond substituents is 2. The molecule has 0 amide bonds. The average molecular weight is 295 g/mol. The first kappa shape index (κ1) is 14.4. The minimum absolute atomic E-state index is 0.0471. The SMILES string of the molecule is O=P(O)(O)C(Nc1ccc(O)cc1)c1ccccc1O. The Morgan fingerprint density at radius 3 is 2.10 bits per heavy atom. The van der Waals surface area contributed by atoms with Crippen LogP contribution in [0.5, 0.6) is 11.5 Å². The maximum absolute atomic E-state index is 11.6. The van der Waals surface area contributed by atoms with E-state index in [0.29, 0.717) is 5.69 Å². The van der Waals surface area contributed by atoms with E-state index in [4.69, 9.17) is 0 Å². The molecule has 1 atom stereocenters. The number of benzene rings is 2. The van der Waals surface area contributed by atoms with Crippen LogP contribution in [0.15, 0.2) is 48.5 Å². The monoisotopic (exact) mass is 295 g/mol. The van der Waals surface area contributed by atoms with Gasteiger partial charge < -0.3 is 25.3 Å². The molecule has 0 spiro atoms. The molecule has 0 saturated carbocycles. The second kappa shape index (κ2) is 5.54. The summed E-state index contributed by atoms with van der Waals surface area (Å²) in [6, 6.07) is 11.7. The van der Waals surface area contributed by atoms with Crippen LogP contribution in [0.1, 0.15) is 11.3 Å². The number of para-hydroxylation sites is 1. The molecule has 7 heteroatoms. The van der Waals surface area contributed by atoms with E-state index in [9.17, 15) is 24.6 Å². The van der Waals surface area contributed by atoms with Crippen molar-refractivity contribution in [3.8, 4) is 11.5 Å². The molecule has 2 aromatic carbocycles. The minimum atomic E-state index is -4.54. The van der Waals surface area contributed by atoms with E-state index in [-0.39, 0.29) is 17.1 Å². The van der Waals surface area contributed by atoms with E-state index in [1.54, 1.807) is 12.1 Å². The van der Waals surface area contributed by atoms with Crippen LogP contribution in [0, 0.1) is 0 Å². The van der Waals surface area contributed by atoms with E-state index in [1.165, 1.54) is 36.4 Å². The summed E-state index contributed by atoms with van der Waals surface area (Å²) < 4.78 is 11.6. The molecular formula is C13H14NO5P. The molecule has 0 fully saturated rings. The summed E-state index contributed by atoms with van der Waals surface area (Å²) in [6.45, 7) is 0. The van der Waals surface area contributed by atoms with E-state index >= 15 is 0 Å². The van der Waals surface area contributed by atoms with Gasteiger partial charge in [0.2, 0.25) is 0 Å². The van der Waals surface area contributed by atoms with Gasteiger partial charge in [-0.1, -0.05) is 18.2 Å². The second-order valence-electron chi connectivity index (χ2n) is 4.24. The maximum atomic E-state index is 11.6. The summed E-state index contributed by atoms with van der Waals surface area (Å²) in [4.78, 5) is 18.9. The van der Waals surface area contributed by atoms with Gasteiger partial charge in [0.25, 0.3) is 0 Å². The van der Waals surface area contributed by atoms with Crippen molar-refractivity contribution in [1.29, 1.82) is 0 Å². The van der Waals surface area contributed by atoms with Gasteiger partial charge in [-0.2, -0.15) is 0 Å². The van der Waals surface area contributed by atoms with Crippen LogP contribution < -0.4 is 5.32 Å². The van der Waals surface area contributed by atoms with Gasteiger partial charge in [0, 0.05) is 11.3 Å². The van der Waals surface area contributed by atoms with Crippen molar-refractivity contribution in [2.45, 2.75) is 5.78 Å². The normalized spacial score (nSPS) is 12.9. The third-order valence-corrected chi connectivity index (χ3v) is 3.82. The lowest BCUT2D eigenvalue weighted by atomic mass is 10.2. The Morgan fingerprint density at radius 2 is 1.55 bits per heavy atom. The van der Waals surface area contributed by atoms with Gasteiger partial charge in [-0.05, 0) is 30.3 Å². The largest absolute Gasteiger partial charge is 0.508 e. The van der Waals surface area contributed by atoms with Gasteiger partial charge in [0.1, 0.15) is 11.5 Å². The molecule has 0 bridgehead atoms. The summed E-state index contributed by atoms with van der Waals surface area (Å²) in [5.74, 6) is -1.52. The van der Waals surface area contributed by atoms with Crippen LogP contribution in [-0.4, -0.2) is 20.0 Å². The number of anilines is 1. The molecule has 0 aliphatic carbocycles. The second-order valence-corrected chi connectivity index (χ2v) is 5.94. The summed E-state index contributed by atoms with van der Waals surface area (Å²) in [5, 5.41) is 21.6. The molecule has 0 aliphatic heterocycles. The zero-order valence-electron chi connectivity index (χ0n) is 10.3. The molecule has 0 saturated heterocycles. The van der Waals surface area contributed by atoms with E-state index in [1.807, 2.05) is 0 Å². The average Bonchev–Trinajstić information content (AvgIpc) is 2.38. The Balaban J connectivity index is 2.37. The van der Waals surface area contributed by atoms with E-state index < -0.39 is 13.4 Å². The quantitative estimate of drug-likeness (QED) is 0.437. The molecule has 106 valence electrons. The van der Waals surface area contributed by atoms with Crippen molar-refractivity contribution < 1.29 is 24.6 Å². The van der Waals surface area contributed by atoms with Gasteiger partial charge >= 0.3 is 7.60 Å². The molecule has 5 N–H and O–H groups in total. The first-order valence-electron chi connectivity index (χ1n) is 5.76. The van der Waals surface area contributed by atoms with Crippen molar-refractivity contribution in [1.82, 2.24) is 0 Å². The topological polar surface area (TPSA) is 110 Å². The van der Waals surface area contributed by atoms with Gasteiger partial charge in [-0.25, -0.2) is 0 Å². The van der Waals surface area contributed by atoms with E-state index in [0.717, 1.165) is 0 Å². The number of rotatable bonds is 4. The summed E-state index contributed by atoms with van der Waals surface area (Å²) in [5.41, 5.74) is 0.522. The molecule has 0 aromatic heterocycles. The van der Waals surface area contributed by atoms with E-state index in [2.05, 4.69) is 5.32 Å². The third-order valence-electron chi connectivity index (χ3n) is 2.74. The number of aromatic hydroxyl groups is 2. The fourth-order valence-electron chi connectivity index (χ4n) is 1.78. The van der Waals surface area contributed by atoms with Gasteiger partial charge in [0.15, 0.2) is 5.78 Å². The maximum Gasteiger partial charge on any atom is 0.352 e.